The summed E-state index contributed by atoms with van der Waals surface area (Å²) in [5.41, 5.74) is 3.90. The number of ether oxygens (including phenoxy) is 2. The molecule has 0 bridgehead atoms. The number of nitrogens with zero attached hydrogens (tertiary/aromatic N) is 3. The van der Waals surface area contributed by atoms with Crippen LogP contribution in [0.15, 0.2) is 48.7 Å². The van der Waals surface area contributed by atoms with Gasteiger partial charge in [0.1, 0.15) is 11.3 Å². The predicted molar refractivity (Wildman–Crippen MR) is 111 cm³/mol. The van der Waals surface area contributed by atoms with E-state index in [1.807, 2.05) is 24.4 Å². The summed E-state index contributed by atoms with van der Waals surface area (Å²) in [6.45, 7) is 3.41. The Morgan fingerprint density at radius 3 is 2.71 bits per heavy atom. The fourth-order valence-electron chi connectivity index (χ4n) is 3.69. The molecule has 0 unspecified atom stereocenters. The van der Waals surface area contributed by atoms with Crippen LogP contribution in [0.1, 0.15) is 0 Å². The Labute approximate surface area is 162 Å². The number of H-pyrrole nitrogens is 1. The molecule has 4 aromatic rings. The van der Waals surface area contributed by atoms with Crippen LogP contribution in [0.3, 0.4) is 0 Å². The first-order valence-corrected chi connectivity index (χ1v) is 9.33. The summed E-state index contributed by atoms with van der Waals surface area (Å²) in [6, 6.07) is 14.3. The number of anilines is 3. The Morgan fingerprint density at radius 1 is 1.11 bits per heavy atom. The Morgan fingerprint density at radius 2 is 1.93 bits per heavy atom. The molecule has 0 saturated carbocycles. The number of aromatic amines is 1. The molecular formula is C21H21N5O2. The molecular weight excluding hydrogens is 354 g/mol. The quantitative estimate of drug-likeness (QED) is 0.566. The van der Waals surface area contributed by atoms with Gasteiger partial charge in [-0.25, -0.2) is 4.98 Å². The highest BCUT2D eigenvalue weighted by Gasteiger charge is 2.15. The summed E-state index contributed by atoms with van der Waals surface area (Å²) in [7, 11) is 1.67. The van der Waals surface area contributed by atoms with Gasteiger partial charge in [0.25, 0.3) is 0 Å². The molecule has 5 rings (SSSR count). The number of aromatic nitrogens is 3. The molecule has 0 aliphatic carbocycles. The van der Waals surface area contributed by atoms with Crippen LogP contribution in [0.4, 0.5) is 17.2 Å². The lowest BCUT2D eigenvalue weighted by Crippen LogP contribution is -2.36. The van der Waals surface area contributed by atoms with Crippen molar-refractivity contribution in [3.05, 3.63) is 48.7 Å². The molecule has 0 radical (unpaired) electrons. The van der Waals surface area contributed by atoms with Gasteiger partial charge in [0.15, 0.2) is 5.82 Å². The summed E-state index contributed by atoms with van der Waals surface area (Å²) < 4.78 is 10.9. The third-order valence-corrected chi connectivity index (χ3v) is 5.11. The molecule has 7 heteroatoms. The van der Waals surface area contributed by atoms with E-state index in [9.17, 15) is 0 Å². The lowest BCUT2D eigenvalue weighted by molar-refractivity contribution is 0.122. The predicted octanol–water partition coefficient (Wildman–Crippen LogP) is 3.70. The van der Waals surface area contributed by atoms with Crippen molar-refractivity contribution >= 4 is 39.0 Å². The van der Waals surface area contributed by atoms with Crippen molar-refractivity contribution in [3.63, 3.8) is 0 Å². The maximum absolute atomic E-state index is 5.52. The summed E-state index contributed by atoms with van der Waals surface area (Å²) >= 11 is 0. The number of fused-ring (bicyclic) bond motifs is 3. The molecule has 1 aliphatic rings. The number of hydrogen-bond acceptors (Lipinski definition) is 6. The lowest BCUT2D eigenvalue weighted by Gasteiger charge is -2.28. The maximum Gasteiger partial charge on any atom is 0.157 e. The zero-order valence-corrected chi connectivity index (χ0v) is 15.6. The number of nitrogens with one attached hydrogen (secondary N) is 2. The number of benzene rings is 2. The second kappa shape index (κ2) is 7.01. The van der Waals surface area contributed by atoms with Gasteiger partial charge in [-0.3, -0.25) is 5.10 Å². The molecule has 1 fully saturated rings. The zero-order chi connectivity index (χ0) is 18.9. The largest absolute Gasteiger partial charge is 0.496 e. The van der Waals surface area contributed by atoms with Gasteiger partial charge < -0.3 is 19.7 Å². The molecule has 2 aromatic heterocycles. The normalized spacial score (nSPS) is 14.5. The third-order valence-electron chi connectivity index (χ3n) is 5.11. The number of morpholine rings is 1. The molecule has 1 saturated heterocycles. The van der Waals surface area contributed by atoms with Crippen molar-refractivity contribution in [2.45, 2.75) is 0 Å². The van der Waals surface area contributed by atoms with Crippen LogP contribution < -0.4 is 15.0 Å². The van der Waals surface area contributed by atoms with Gasteiger partial charge in [0.2, 0.25) is 0 Å². The fraction of sp³-hybridized carbons (Fsp3) is 0.238. The molecule has 2 N–H and O–H groups in total. The van der Waals surface area contributed by atoms with Gasteiger partial charge in [-0.05, 0) is 36.4 Å². The number of rotatable bonds is 4. The van der Waals surface area contributed by atoms with Crippen molar-refractivity contribution in [2.75, 3.05) is 43.6 Å². The van der Waals surface area contributed by atoms with E-state index in [2.05, 4.69) is 44.7 Å². The van der Waals surface area contributed by atoms with Gasteiger partial charge in [-0.2, -0.15) is 5.10 Å². The van der Waals surface area contributed by atoms with Crippen molar-refractivity contribution in [2.24, 2.45) is 0 Å². The van der Waals surface area contributed by atoms with E-state index in [1.165, 1.54) is 5.69 Å². The topological polar surface area (TPSA) is 75.3 Å². The van der Waals surface area contributed by atoms with Crippen LogP contribution in [0.25, 0.3) is 21.8 Å². The Balaban J connectivity index is 1.50. The highest BCUT2D eigenvalue weighted by Crippen LogP contribution is 2.35. The van der Waals surface area contributed by atoms with E-state index in [4.69, 9.17) is 14.5 Å². The Bertz CT molecular complexity index is 1120. The van der Waals surface area contributed by atoms with Crippen LogP contribution in [0, 0.1) is 0 Å². The van der Waals surface area contributed by atoms with Crippen LogP contribution in [0.2, 0.25) is 0 Å². The van der Waals surface area contributed by atoms with Gasteiger partial charge in [0.05, 0.1) is 37.4 Å². The summed E-state index contributed by atoms with van der Waals surface area (Å²) in [6.07, 6.45) is 1.81. The highest BCUT2D eigenvalue weighted by molar-refractivity contribution is 6.11. The van der Waals surface area contributed by atoms with Crippen LogP contribution in [0.5, 0.6) is 5.75 Å². The van der Waals surface area contributed by atoms with E-state index < -0.39 is 0 Å². The average Bonchev–Trinajstić information content (AvgIpc) is 3.25. The molecule has 1 aliphatic heterocycles. The molecule has 2 aromatic carbocycles. The average molecular weight is 375 g/mol. The first-order chi connectivity index (χ1) is 13.8. The minimum Gasteiger partial charge on any atom is -0.496 e. The molecule has 3 heterocycles. The standard InChI is InChI=1S/C21H21N5O2/c1-27-18-4-2-3-17-19(18)16-13-22-25-20(16)21(24-17)23-14-5-7-15(8-6-14)26-9-11-28-12-10-26/h2-8,13H,9-12H2,1H3,(H,22,25)(H,23,24). The fourth-order valence-corrected chi connectivity index (χ4v) is 3.69. The summed E-state index contributed by atoms with van der Waals surface area (Å²) in [5.74, 6) is 1.53. The van der Waals surface area contributed by atoms with Crippen molar-refractivity contribution in [1.29, 1.82) is 0 Å². The van der Waals surface area contributed by atoms with Crippen LogP contribution in [-0.2, 0) is 4.74 Å². The molecule has 142 valence electrons. The zero-order valence-electron chi connectivity index (χ0n) is 15.6. The minimum absolute atomic E-state index is 0.743. The molecule has 0 spiro atoms. The molecule has 0 amide bonds. The smallest absolute Gasteiger partial charge is 0.157 e. The second-order valence-corrected chi connectivity index (χ2v) is 6.74. The lowest BCUT2D eigenvalue weighted by atomic mass is 10.1. The van der Waals surface area contributed by atoms with Crippen molar-refractivity contribution < 1.29 is 9.47 Å². The van der Waals surface area contributed by atoms with Gasteiger partial charge in [0, 0.05) is 29.9 Å². The van der Waals surface area contributed by atoms with E-state index >= 15 is 0 Å². The van der Waals surface area contributed by atoms with Gasteiger partial charge in [-0.1, -0.05) is 6.07 Å². The van der Waals surface area contributed by atoms with Gasteiger partial charge >= 0.3 is 0 Å². The van der Waals surface area contributed by atoms with Crippen LogP contribution in [-0.4, -0.2) is 48.6 Å². The van der Waals surface area contributed by atoms with E-state index in [0.29, 0.717) is 0 Å². The molecule has 28 heavy (non-hydrogen) atoms. The number of pyridine rings is 1. The first-order valence-electron chi connectivity index (χ1n) is 9.33. The monoisotopic (exact) mass is 375 g/mol. The van der Waals surface area contributed by atoms with Gasteiger partial charge in [-0.15, -0.1) is 0 Å². The molecule has 7 nitrogen and oxygen atoms in total. The van der Waals surface area contributed by atoms with E-state index in [0.717, 1.165) is 65.4 Å². The maximum atomic E-state index is 5.52. The minimum atomic E-state index is 0.743. The third kappa shape index (κ3) is 2.90. The van der Waals surface area contributed by atoms with Crippen LogP contribution >= 0.6 is 0 Å². The highest BCUT2D eigenvalue weighted by atomic mass is 16.5. The van der Waals surface area contributed by atoms with E-state index in [1.54, 1.807) is 7.11 Å². The second-order valence-electron chi connectivity index (χ2n) is 6.74. The summed E-state index contributed by atoms with van der Waals surface area (Å²) in [4.78, 5) is 7.14. The first kappa shape index (κ1) is 16.8. The Hall–Kier alpha value is -3.32. The Kier molecular flexibility index (Phi) is 4.21. The van der Waals surface area contributed by atoms with E-state index in [-0.39, 0.29) is 0 Å². The van der Waals surface area contributed by atoms with Crippen molar-refractivity contribution in [1.82, 2.24) is 15.2 Å². The number of methoxy groups -OCH3 is 1. The summed E-state index contributed by atoms with van der Waals surface area (Å²) in [5, 5.41) is 12.7. The number of hydrogen-bond donors (Lipinski definition) is 2. The molecule has 0 atom stereocenters. The SMILES string of the molecule is COc1cccc2nc(Nc3ccc(N4CCOCC4)cc3)c3[nH]ncc3c12. The van der Waals surface area contributed by atoms with Crippen molar-refractivity contribution in [3.8, 4) is 5.75 Å².